The topological polar surface area (TPSA) is 54.0 Å². The molecule has 0 saturated heterocycles. The summed E-state index contributed by atoms with van der Waals surface area (Å²) in [4.78, 5) is 16.5. The van der Waals surface area contributed by atoms with Gasteiger partial charge in [0.05, 0.1) is 5.56 Å². The van der Waals surface area contributed by atoms with Crippen LogP contribution in [0.4, 0.5) is 5.82 Å². The first kappa shape index (κ1) is 14.8. The quantitative estimate of drug-likeness (QED) is 0.888. The summed E-state index contributed by atoms with van der Waals surface area (Å²) in [5, 5.41) is 6.28. The van der Waals surface area contributed by atoms with Gasteiger partial charge in [-0.2, -0.15) is 0 Å². The number of aromatic nitrogens is 1. The molecule has 0 spiro atoms. The second-order valence-corrected chi connectivity index (χ2v) is 5.94. The number of pyridine rings is 1. The molecule has 1 aromatic heterocycles. The highest BCUT2D eigenvalue weighted by Gasteiger charge is 2.26. The third-order valence-corrected chi connectivity index (χ3v) is 4.13. The lowest BCUT2D eigenvalue weighted by molar-refractivity contribution is 0.0899. The largest absolute Gasteiger partial charge is 0.370 e. The Balaban J connectivity index is 1.94. The SMILES string of the molecule is CCNc1ccc(C(=O)NC2CCC(C)CC2C)cn1. The van der Waals surface area contributed by atoms with Gasteiger partial charge in [-0.25, -0.2) is 4.98 Å². The molecule has 0 aromatic carbocycles. The van der Waals surface area contributed by atoms with Crippen molar-refractivity contribution in [1.82, 2.24) is 10.3 Å². The van der Waals surface area contributed by atoms with Gasteiger partial charge in [-0.1, -0.05) is 13.8 Å². The third-order valence-electron chi connectivity index (χ3n) is 4.13. The summed E-state index contributed by atoms with van der Waals surface area (Å²) < 4.78 is 0. The first-order valence-corrected chi connectivity index (χ1v) is 7.61. The molecule has 20 heavy (non-hydrogen) atoms. The van der Waals surface area contributed by atoms with Crippen LogP contribution in [0.25, 0.3) is 0 Å². The van der Waals surface area contributed by atoms with E-state index in [2.05, 4.69) is 29.5 Å². The van der Waals surface area contributed by atoms with Crippen LogP contribution in [0, 0.1) is 11.8 Å². The standard InChI is InChI=1S/C16H25N3O/c1-4-17-15-8-6-13(10-18-15)16(20)19-14-7-5-11(2)9-12(14)3/h6,8,10-12,14H,4-5,7,9H2,1-3H3,(H,17,18)(H,19,20). The van der Waals surface area contributed by atoms with Gasteiger partial charge in [-0.15, -0.1) is 0 Å². The van der Waals surface area contributed by atoms with Crippen LogP contribution in [0.3, 0.4) is 0 Å². The van der Waals surface area contributed by atoms with Crippen LogP contribution >= 0.6 is 0 Å². The minimum absolute atomic E-state index is 0.00745. The summed E-state index contributed by atoms with van der Waals surface area (Å²) in [5.41, 5.74) is 0.637. The lowest BCUT2D eigenvalue weighted by Gasteiger charge is -2.33. The minimum atomic E-state index is -0.00745. The average molecular weight is 275 g/mol. The van der Waals surface area contributed by atoms with E-state index in [-0.39, 0.29) is 5.91 Å². The molecule has 1 aliphatic carbocycles. The van der Waals surface area contributed by atoms with Crippen LogP contribution in [0.15, 0.2) is 18.3 Å². The third kappa shape index (κ3) is 3.71. The summed E-state index contributed by atoms with van der Waals surface area (Å²) in [6.45, 7) is 7.37. The average Bonchev–Trinajstić information content (AvgIpc) is 2.43. The maximum Gasteiger partial charge on any atom is 0.253 e. The number of hydrogen-bond acceptors (Lipinski definition) is 3. The molecule has 2 rings (SSSR count). The molecule has 1 saturated carbocycles. The van der Waals surface area contributed by atoms with Crippen molar-refractivity contribution in [3.63, 3.8) is 0 Å². The van der Waals surface area contributed by atoms with Crippen molar-refractivity contribution in [2.24, 2.45) is 11.8 Å². The molecule has 3 atom stereocenters. The summed E-state index contributed by atoms with van der Waals surface area (Å²) in [5.74, 6) is 2.13. The van der Waals surface area contributed by atoms with Crippen molar-refractivity contribution in [1.29, 1.82) is 0 Å². The smallest absolute Gasteiger partial charge is 0.253 e. The number of nitrogens with one attached hydrogen (secondary N) is 2. The fourth-order valence-corrected chi connectivity index (χ4v) is 2.95. The van der Waals surface area contributed by atoms with E-state index in [1.165, 1.54) is 12.8 Å². The normalized spacial score (nSPS) is 26.1. The predicted octanol–water partition coefficient (Wildman–Crippen LogP) is 3.07. The summed E-state index contributed by atoms with van der Waals surface area (Å²) >= 11 is 0. The van der Waals surface area contributed by atoms with E-state index in [1.807, 2.05) is 19.1 Å². The van der Waals surface area contributed by atoms with Gasteiger partial charge in [0.1, 0.15) is 5.82 Å². The van der Waals surface area contributed by atoms with Crippen molar-refractivity contribution in [2.75, 3.05) is 11.9 Å². The van der Waals surface area contributed by atoms with Crippen molar-refractivity contribution in [3.8, 4) is 0 Å². The van der Waals surface area contributed by atoms with Crippen molar-refractivity contribution < 1.29 is 4.79 Å². The molecule has 1 aromatic rings. The Labute approximate surface area is 121 Å². The Morgan fingerprint density at radius 2 is 2.15 bits per heavy atom. The molecule has 1 heterocycles. The van der Waals surface area contributed by atoms with Gasteiger partial charge < -0.3 is 10.6 Å². The second kappa shape index (κ2) is 6.73. The zero-order valence-electron chi connectivity index (χ0n) is 12.6. The molecule has 0 bridgehead atoms. The Morgan fingerprint density at radius 1 is 1.35 bits per heavy atom. The number of nitrogens with zero attached hydrogens (tertiary/aromatic N) is 1. The van der Waals surface area contributed by atoms with Crippen molar-refractivity contribution >= 4 is 11.7 Å². The molecule has 1 fully saturated rings. The molecular weight excluding hydrogens is 250 g/mol. The van der Waals surface area contributed by atoms with Crippen LogP contribution < -0.4 is 10.6 Å². The number of rotatable bonds is 4. The summed E-state index contributed by atoms with van der Waals surface area (Å²) in [7, 11) is 0. The fourth-order valence-electron chi connectivity index (χ4n) is 2.95. The zero-order valence-corrected chi connectivity index (χ0v) is 12.6. The van der Waals surface area contributed by atoms with Crippen molar-refractivity contribution in [3.05, 3.63) is 23.9 Å². The molecule has 4 heteroatoms. The molecule has 110 valence electrons. The predicted molar refractivity (Wildman–Crippen MR) is 81.8 cm³/mol. The highest BCUT2D eigenvalue weighted by atomic mass is 16.1. The monoisotopic (exact) mass is 275 g/mol. The van der Waals surface area contributed by atoms with Gasteiger partial charge in [0.25, 0.3) is 5.91 Å². The fraction of sp³-hybridized carbons (Fsp3) is 0.625. The summed E-state index contributed by atoms with van der Waals surface area (Å²) in [6.07, 6.45) is 5.12. The number of anilines is 1. The van der Waals surface area contributed by atoms with E-state index in [9.17, 15) is 4.79 Å². The van der Waals surface area contributed by atoms with Crippen LogP contribution in [-0.4, -0.2) is 23.5 Å². The lowest BCUT2D eigenvalue weighted by Crippen LogP contribution is -2.42. The van der Waals surface area contributed by atoms with Gasteiger partial charge in [-0.05, 0) is 50.2 Å². The Bertz CT molecular complexity index is 444. The zero-order chi connectivity index (χ0) is 14.5. The molecule has 3 unspecified atom stereocenters. The molecule has 4 nitrogen and oxygen atoms in total. The number of hydrogen-bond donors (Lipinski definition) is 2. The first-order chi connectivity index (χ1) is 9.60. The highest BCUT2D eigenvalue weighted by Crippen LogP contribution is 2.28. The first-order valence-electron chi connectivity index (χ1n) is 7.61. The van der Waals surface area contributed by atoms with Crippen LogP contribution in [0.2, 0.25) is 0 Å². The molecule has 1 amide bonds. The summed E-state index contributed by atoms with van der Waals surface area (Å²) in [6, 6.07) is 3.98. The number of carbonyl (C=O) groups is 1. The van der Waals surface area contributed by atoms with Crippen LogP contribution in [0.5, 0.6) is 0 Å². The van der Waals surface area contributed by atoms with Gasteiger partial charge in [0.15, 0.2) is 0 Å². The maximum atomic E-state index is 12.2. The van der Waals surface area contributed by atoms with E-state index in [4.69, 9.17) is 0 Å². The highest BCUT2D eigenvalue weighted by molar-refractivity contribution is 5.94. The van der Waals surface area contributed by atoms with E-state index >= 15 is 0 Å². The van der Waals surface area contributed by atoms with Crippen molar-refractivity contribution in [2.45, 2.75) is 46.1 Å². The second-order valence-electron chi connectivity index (χ2n) is 5.94. The van der Waals surface area contributed by atoms with E-state index in [0.29, 0.717) is 17.5 Å². The Morgan fingerprint density at radius 3 is 2.75 bits per heavy atom. The number of amides is 1. The Kier molecular flexibility index (Phi) is 4.99. The van der Waals surface area contributed by atoms with E-state index in [0.717, 1.165) is 24.7 Å². The van der Waals surface area contributed by atoms with Gasteiger partial charge in [-0.3, -0.25) is 4.79 Å². The molecular formula is C16H25N3O. The van der Waals surface area contributed by atoms with Gasteiger partial charge in [0.2, 0.25) is 0 Å². The van der Waals surface area contributed by atoms with Crippen LogP contribution in [0.1, 0.15) is 50.4 Å². The molecule has 0 aliphatic heterocycles. The Hall–Kier alpha value is -1.58. The van der Waals surface area contributed by atoms with E-state index < -0.39 is 0 Å². The number of carbonyl (C=O) groups excluding carboxylic acids is 1. The van der Waals surface area contributed by atoms with Gasteiger partial charge in [0, 0.05) is 18.8 Å². The van der Waals surface area contributed by atoms with E-state index in [1.54, 1.807) is 6.20 Å². The molecule has 1 aliphatic rings. The maximum absolute atomic E-state index is 12.2. The van der Waals surface area contributed by atoms with Gasteiger partial charge >= 0.3 is 0 Å². The molecule has 0 radical (unpaired) electrons. The van der Waals surface area contributed by atoms with Crippen LogP contribution in [-0.2, 0) is 0 Å². The molecule has 2 N–H and O–H groups in total. The minimum Gasteiger partial charge on any atom is -0.370 e. The lowest BCUT2D eigenvalue weighted by atomic mass is 9.80.